The van der Waals surface area contributed by atoms with Crippen molar-refractivity contribution >= 4 is 11.4 Å². The van der Waals surface area contributed by atoms with Gasteiger partial charge in [0.1, 0.15) is 0 Å². The van der Waals surface area contributed by atoms with Crippen LogP contribution in [-0.2, 0) is 0 Å². The minimum Gasteiger partial charge on any atom is -0.369 e. The van der Waals surface area contributed by atoms with Gasteiger partial charge < -0.3 is 4.90 Å². The molecular weight excluding hydrogens is 204 g/mol. The zero-order valence-electron chi connectivity index (χ0n) is 9.64. The van der Waals surface area contributed by atoms with E-state index in [1.54, 1.807) is 13.0 Å². The Hall–Kier alpha value is -1.58. The second kappa shape index (κ2) is 4.12. The predicted octanol–water partition coefficient (Wildman–Crippen LogP) is 2.89. The monoisotopic (exact) mass is 220 g/mol. The van der Waals surface area contributed by atoms with Crippen molar-refractivity contribution in [2.45, 2.75) is 32.7 Å². The number of aryl methyl sites for hydroxylation is 1. The highest BCUT2D eigenvalue weighted by Gasteiger charge is 2.21. The standard InChI is InChI=1S/C12H16N2O2/c1-9-8-11(5-6-12(9)14(15)16)13-7-3-4-10(13)2/h5-6,8,10H,3-4,7H2,1-2H3/t10-/m0/s1. The molecule has 1 aliphatic heterocycles. The van der Waals surface area contributed by atoms with Crippen molar-refractivity contribution in [3.8, 4) is 0 Å². The normalized spacial score (nSPS) is 20.1. The first-order valence-electron chi connectivity index (χ1n) is 5.61. The molecule has 4 nitrogen and oxygen atoms in total. The zero-order valence-corrected chi connectivity index (χ0v) is 9.64. The summed E-state index contributed by atoms with van der Waals surface area (Å²) in [6.45, 7) is 5.05. The van der Waals surface area contributed by atoms with Crippen LogP contribution in [0.4, 0.5) is 11.4 Å². The van der Waals surface area contributed by atoms with E-state index in [0.29, 0.717) is 6.04 Å². The maximum absolute atomic E-state index is 10.7. The van der Waals surface area contributed by atoms with Crippen LogP contribution in [0.25, 0.3) is 0 Å². The first-order valence-corrected chi connectivity index (χ1v) is 5.61. The molecule has 16 heavy (non-hydrogen) atoms. The Morgan fingerprint density at radius 3 is 2.75 bits per heavy atom. The lowest BCUT2D eigenvalue weighted by molar-refractivity contribution is -0.385. The molecule has 0 N–H and O–H groups in total. The van der Waals surface area contributed by atoms with Gasteiger partial charge in [0, 0.05) is 29.9 Å². The maximum Gasteiger partial charge on any atom is 0.272 e. The molecule has 0 radical (unpaired) electrons. The van der Waals surface area contributed by atoms with Crippen molar-refractivity contribution in [2.75, 3.05) is 11.4 Å². The van der Waals surface area contributed by atoms with E-state index >= 15 is 0 Å². The van der Waals surface area contributed by atoms with E-state index in [0.717, 1.165) is 17.8 Å². The highest BCUT2D eigenvalue weighted by molar-refractivity contribution is 5.56. The van der Waals surface area contributed by atoms with E-state index in [2.05, 4.69) is 11.8 Å². The highest BCUT2D eigenvalue weighted by Crippen LogP contribution is 2.29. The molecule has 1 saturated heterocycles. The Morgan fingerprint density at radius 1 is 1.50 bits per heavy atom. The van der Waals surface area contributed by atoms with E-state index in [1.165, 1.54) is 12.8 Å². The van der Waals surface area contributed by atoms with Gasteiger partial charge >= 0.3 is 0 Å². The Balaban J connectivity index is 2.30. The number of hydrogen-bond acceptors (Lipinski definition) is 3. The topological polar surface area (TPSA) is 46.4 Å². The van der Waals surface area contributed by atoms with E-state index in [4.69, 9.17) is 0 Å². The molecule has 0 aromatic heterocycles. The molecule has 86 valence electrons. The van der Waals surface area contributed by atoms with E-state index in [-0.39, 0.29) is 10.6 Å². The van der Waals surface area contributed by atoms with Crippen LogP contribution >= 0.6 is 0 Å². The number of nitro benzene ring substituents is 1. The van der Waals surface area contributed by atoms with Crippen molar-refractivity contribution < 1.29 is 4.92 Å². The van der Waals surface area contributed by atoms with Gasteiger partial charge in [-0.05, 0) is 38.8 Å². The van der Waals surface area contributed by atoms with Crippen LogP contribution < -0.4 is 4.90 Å². The summed E-state index contributed by atoms with van der Waals surface area (Å²) in [6.07, 6.45) is 2.41. The molecule has 1 atom stereocenters. The Kier molecular flexibility index (Phi) is 2.81. The van der Waals surface area contributed by atoms with Gasteiger partial charge in [0.25, 0.3) is 5.69 Å². The second-order valence-corrected chi connectivity index (χ2v) is 4.41. The molecule has 2 rings (SSSR count). The molecule has 0 spiro atoms. The summed E-state index contributed by atoms with van der Waals surface area (Å²) in [7, 11) is 0. The molecule has 0 unspecified atom stereocenters. The molecular formula is C12H16N2O2. The summed E-state index contributed by atoms with van der Waals surface area (Å²) < 4.78 is 0. The Labute approximate surface area is 95.0 Å². The molecule has 0 bridgehead atoms. The van der Waals surface area contributed by atoms with Gasteiger partial charge in [-0.3, -0.25) is 10.1 Å². The van der Waals surface area contributed by atoms with E-state index in [1.807, 2.05) is 12.1 Å². The maximum atomic E-state index is 10.7. The smallest absolute Gasteiger partial charge is 0.272 e. The number of nitrogens with zero attached hydrogens (tertiary/aromatic N) is 2. The number of anilines is 1. The minimum absolute atomic E-state index is 0.204. The second-order valence-electron chi connectivity index (χ2n) is 4.41. The number of rotatable bonds is 2. The van der Waals surface area contributed by atoms with E-state index < -0.39 is 0 Å². The predicted molar refractivity (Wildman–Crippen MR) is 63.9 cm³/mol. The van der Waals surface area contributed by atoms with Gasteiger partial charge in [-0.1, -0.05) is 0 Å². The van der Waals surface area contributed by atoms with Crippen molar-refractivity contribution in [2.24, 2.45) is 0 Å². The summed E-state index contributed by atoms with van der Waals surface area (Å²) >= 11 is 0. The van der Waals surface area contributed by atoms with Gasteiger partial charge in [-0.25, -0.2) is 0 Å². The summed E-state index contributed by atoms with van der Waals surface area (Å²) in [6, 6.07) is 5.92. The van der Waals surface area contributed by atoms with Crippen molar-refractivity contribution in [3.05, 3.63) is 33.9 Å². The van der Waals surface area contributed by atoms with Gasteiger partial charge in [0.05, 0.1) is 4.92 Å². The average molecular weight is 220 g/mol. The Bertz CT molecular complexity index is 417. The highest BCUT2D eigenvalue weighted by atomic mass is 16.6. The van der Waals surface area contributed by atoms with Crippen LogP contribution in [0.15, 0.2) is 18.2 Å². The molecule has 1 aromatic rings. The van der Waals surface area contributed by atoms with Crippen molar-refractivity contribution in [1.82, 2.24) is 0 Å². The van der Waals surface area contributed by atoms with Crippen molar-refractivity contribution in [1.29, 1.82) is 0 Å². The van der Waals surface area contributed by atoms with Crippen LogP contribution in [0.1, 0.15) is 25.3 Å². The fourth-order valence-electron chi connectivity index (χ4n) is 2.34. The lowest BCUT2D eigenvalue weighted by atomic mass is 10.1. The molecule has 1 aromatic carbocycles. The molecule has 1 aliphatic rings. The van der Waals surface area contributed by atoms with Gasteiger partial charge in [0.2, 0.25) is 0 Å². The van der Waals surface area contributed by atoms with Gasteiger partial charge in [0.15, 0.2) is 0 Å². The molecule has 4 heteroatoms. The SMILES string of the molecule is Cc1cc(N2CCC[C@@H]2C)ccc1[N+](=O)[O-]. The van der Waals surface area contributed by atoms with Crippen LogP contribution in [0, 0.1) is 17.0 Å². The zero-order chi connectivity index (χ0) is 11.7. The summed E-state index contributed by atoms with van der Waals surface area (Å²) in [5.41, 5.74) is 2.05. The molecule has 0 saturated carbocycles. The average Bonchev–Trinajstić information content (AvgIpc) is 2.63. The lowest BCUT2D eigenvalue weighted by Crippen LogP contribution is -2.26. The van der Waals surface area contributed by atoms with Crippen LogP contribution in [0.2, 0.25) is 0 Å². The van der Waals surface area contributed by atoms with Crippen LogP contribution in [0.5, 0.6) is 0 Å². The quantitative estimate of drug-likeness (QED) is 0.568. The molecule has 0 amide bonds. The third-order valence-electron chi connectivity index (χ3n) is 3.26. The van der Waals surface area contributed by atoms with E-state index in [9.17, 15) is 10.1 Å². The summed E-state index contributed by atoms with van der Waals surface area (Å²) in [4.78, 5) is 12.7. The third kappa shape index (κ3) is 1.87. The third-order valence-corrected chi connectivity index (χ3v) is 3.26. The first kappa shape index (κ1) is 10.9. The molecule has 0 aliphatic carbocycles. The fourth-order valence-corrected chi connectivity index (χ4v) is 2.34. The van der Waals surface area contributed by atoms with Crippen LogP contribution in [-0.4, -0.2) is 17.5 Å². The van der Waals surface area contributed by atoms with Crippen LogP contribution in [0.3, 0.4) is 0 Å². The van der Waals surface area contributed by atoms with Gasteiger partial charge in [-0.15, -0.1) is 0 Å². The Morgan fingerprint density at radius 2 is 2.25 bits per heavy atom. The van der Waals surface area contributed by atoms with Crippen molar-refractivity contribution in [3.63, 3.8) is 0 Å². The summed E-state index contributed by atoms with van der Waals surface area (Å²) in [5, 5.41) is 10.7. The van der Waals surface area contributed by atoms with Gasteiger partial charge in [-0.2, -0.15) is 0 Å². The molecule has 1 fully saturated rings. The minimum atomic E-state index is -0.327. The number of benzene rings is 1. The lowest BCUT2D eigenvalue weighted by Gasteiger charge is -2.23. The summed E-state index contributed by atoms with van der Waals surface area (Å²) in [5.74, 6) is 0. The fraction of sp³-hybridized carbons (Fsp3) is 0.500. The first-order chi connectivity index (χ1) is 7.59. The largest absolute Gasteiger partial charge is 0.369 e. The number of nitro groups is 1. The molecule has 1 heterocycles. The number of hydrogen-bond donors (Lipinski definition) is 0.